The lowest BCUT2D eigenvalue weighted by molar-refractivity contribution is -0.167. The van der Waals surface area contributed by atoms with Crippen LogP contribution in [0.2, 0.25) is 0 Å². The fraction of sp³-hybridized carbons (Fsp3) is 0.325. The third kappa shape index (κ3) is 10.2. The van der Waals surface area contributed by atoms with Crippen molar-refractivity contribution < 1.29 is 90.5 Å². The van der Waals surface area contributed by atoms with Crippen LogP contribution in [0.25, 0.3) is 0 Å². The summed E-state index contributed by atoms with van der Waals surface area (Å²) in [6.07, 6.45) is -0.815. The van der Waals surface area contributed by atoms with E-state index in [9.17, 15) is 43.2 Å². The Hall–Kier alpha value is -7.31. The summed E-state index contributed by atoms with van der Waals surface area (Å²) >= 11 is 0. The molecule has 0 fully saturated rings. The van der Waals surface area contributed by atoms with Gasteiger partial charge in [0.15, 0.2) is 5.60 Å². The number of aryl methyl sites for hydroxylation is 2. The van der Waals surface area contributed by atoms with E-state index in [0.29, 0.717) is 0 Å². The van der Waals surface area contributed by atoms with Crippen molar-refractivity contribution in [3.05, 3.63) is 81.4 Å². The molecule has 0 aliphatic carbocycles. The van der Waals surface area contributed by atoms with Crippen LogP contribution in [0.4, 0.5) is 0 Å². The van der Waals surface area contributed by atoms with Crippen LogP contribution >= 0.6 is 0 Å². The van der Waals surface area contributed by atoms with E-state index in [1.54, 1.807) is 0 Å². The molecule has 3 aromatic rings. The molecule has 0 atom stereocenters. The molecule has 3 aromatic carbocycles. The highest BCUT2D eigenvalue weighted by atomic mass is 16.7. The minimum Gasteiger partial charge on any atom is -0.456 e. The van der Waals surface area contributed by atoms with Crippen LogP contribution in [0, 0.1) is 0 Å². The zero-order valence-corrected chi connectivity index (χ0v) is 32.2. The summed E-state index contributed by atoms with van der Waals surface area (Å²) in [4.78, 5) is 110. The van der Waals surface area contributed by atoms with Gasteiger partial charge in [0.25, 0.3) is 0 Å². The Balaban J connectivity index is 1.67. The number of carbonyl (C=O) groups is 9. The van der Waals surface area contributed by atoms with E-state index in [-0.39, 0.29) is 87.6 Å². The summed E-state index contributed by atoms with van der Waals surface area (Å²) < 4.78 is 52.5. The lowest BCUT2D eigenvalue weighted by atomic mass is 9.76. The smallest absolute Gasteiger partial charge is 0.341 e. The molecule has 2 aliphatic rings. The molecular weight excluding hydrogens is 784 g/mol. The van der Waals surface area contributed by atoms with Gasteiger partial charge in [0.2, 0.25) is 20.4 Å². The number of rotatable bonds is 15. The SMILES string of the molecule is CC(=O)OCOC(=O)CCc1cc2c(cc1OC(C)=O)Oc1cc(OC(C)=O)c(CCC(=O)OCOC(C)=O)cc1C21OC(=O)c2cc(C(=O)OCOC(C)=O)ccc21. The summed E-state index contributed by atoms with van der Waals surface area (Å²) in [5, 5.41) is 0. The molecule has 0 aromatic heterocycles. The van der Waals surface area contributed by atoms with E-state index in [1.165, 1.54) is 42.5 Å². The average Bonchev–Trinajstić information content (AvgIpc) is 3.44. The first-order valence-electron chi connectivity index (χ1n) is 17.6. The van der Waals surface area contributed by atoms with Crippen molar-refractivity contribution in [2.24, 2.45) is 0 Å². The summed E-state index contributed by atoms with van der Waals surface area (Å²) in [6.45, 7) is 3.75. The Kier molecular flexibility index (Phi) is 13.3. The Labute approximate surface area is 334 Å². The molecule has 0 unspecified atom stereocenters. The van der Waals surface area contributed by atoms with Crippen LogP contribution in [0.5, 0.6) is 23.0 Å². The first-order chi connectivity index (χ1) is 28.0. The zero-order valence-electron chi connectivity index (χ0n) is 32.2. The van der Waals surface area contributed by atoms with Gasteiger partial charge in [-0.05, 0) is 48.2 Å². The maximum Gasteiger partial charge on any atom is 0.341 e. The maximum atomic E-state index is 13.9. The molecule has 59 heavy (non-hydrogen) atoms. The number of fused-ring (bicyclic) bond motifs is 6. The second-order valence-corrected chi connectivity index (χ2v) is 12.8. The van der Waals surface area contributed by atoms with Gasteiger partial charge in [-0.25, -0.2) is 9.59 Å². The molecule has 310 valence electrons. The van der Waals surface area contributed by atoms with E-state index < -0.39 is 79.7 Å². The van der Waals surface area contributed by atoms with E-state index in [0.717, 1.165) is 34.6 Å². The molecule has 0 bridgehead atoms. The highest BCUT2D eigenvalue weighted by Gasteiger charge is 2.54. The van der Waals surface area contributed by atoms with Crippen molar-refractivity contribution in [3.8, 4) is 23.0 Å². The fourth-order valence-electron chi connectivity index (χ4n) is 6.10. The van der Waals surface area contributed by atoms with Crippen molar-refractivity contribution in [2.45, 2.75) is 65.9 Å². The van der Waals surface area contributed by atoms with Crippen molar-refractivity contribution in [1.29, 1.82) is 0 Å². The summed E-state index contributed by atoms with van der Waals surface area (Å²) in [6, 6.07) is 9.65. The second-order valence-electron chi connectivity index (χ2n) is 12.8. The van der Waals surface area contributed by atoms with Gasteiger partial charge in [0.1, 0.15) is 23.0 Å². The van der Waals surface area contributed by atoms with E-state index in [4.69, 9.17) is 33.2 Å². The van der Waals surface area contributed by atoms with Crippen molar-refractivity contribution in [2.75, 3.05) is 20.4 Å². The lowest BCUT2D eigenvalue weighted by Crippen LogP contribution is -2.33. The molecule has 0 saturated heterocycles. The number of benzene rings is 3. The molecule has 0 saturated carbocycles. The zero-order chi connectivity index (χ0) is 43.0. The lowest BCUT2D eigenvalue weighted by Gasteiger charge is -2.37. The molecule has 2 aliphatic heterocycles. The van der Waals surface area contributed by atoms with E-state index in [1.807, 2.05) is 0 Å². The van der Waals surface area contributed by atoms with E-state index >= 15 is 0 Å². The minimum atomic E-state index is -1.91. The van der Waals surface area contributed by atoms with Gasteiger partial charge >= 0.3 is 53.7 Å². The van der Waals surface area contributed by atoms with Crippen LogP contribution in [0.15, 0.2) is 42.5 Å². The summed E-state index contributed by atoms with van der Waals surface area (Å²) in [5.41, 5.74) is -1.10. The maximum absolute atomic E-state index is 13.9. The van der Waals surface area contributed by atoms with Crippen LogP contribution in [0.1, 0.15) is 96.0 Å². The molecule has 0 radical (unpaired) electrons. The van der Waals surface area contributed by atoms with Gasteiger partial charge in [-0.2, -0.15) is 0 Å². The number of hydrogen-bond acceptors (Lipinski definition) is 19. The molecule has 19 heteroatoms. The summed E-state index contributed by atoms with van der Waals surface area (Å²) in [5.74, 6) is -6.96. The largest absolute Gasteiger partial charge is 0.456 e. The summed E-state index contributed by atoms with van der Waals surface area (Å²) in [7, 11) is 0. The third-order valence-electron chi connectivity index (χ3n) is 8.52. The van der Waals surface area contributed by atoms with Crippen LogP contribution in [-0.4, -0.2) is 74.1 Å². The van der Waals surface area contributed by atoms with Crippen molar-refractivity contribution in [3.63, 3.8) is 0 Å². The topological polar surface area (TPSA) is 246 Å². The third-order valence-corrected chi connectivity index (χ3v) is 8.52. The van der Waals surface area contributed by atoms with Crippen LogP contribution in [-0.2, 0) is 85.2 Å². The molecular formula is C40H36O19. The van der Waals surface area contributed by atoms with Gasteiger partial charge in [-0.15, -0.1) is 0 Å². The monoisotopic (exact) mass is 820 g/mol. The highest BCUT2D eigenvalue weighted by molar-refractivity contribution is 6.00. The second kappa shape index (κ2) is 18.3. The molecule has 0 N–H and O–H groups in total. The Bertz CT molecular complexity index is 2150. The molecule has 5 rings (SSSR count). The number of ether oxygens (including phenoxy) is 10. The van der Waals surface area contributed by atoms with Crippen LogP contribution < -0.4 is 14.2 Å². The first-order valence-corrected chi connectivity index (χ1v) is 17.6. The normalized spacial score (nSPS) is 12.6. The van der Waals surface area contributed by atoms with E-state index in [2.05, 4.69) is 14.2 Å². The Morgan fingerprint density at radius 2 is 1.00 bits per heavy atom. The standard InChI is InChI=1S/C40H36O19/c1-20(41)50-17-53-36(46)10-7-25-13-30-34(15-32(25)56-23(4)44)58-35-16-33(57-24(5)45)26(8-11-37(47)54-18-51-21(2)42)14-31(35)40(30)29-9-6-27(12-28(29)39(49)59-40)38(48)55-19-52-22(3)43/h6,9,12-16H,7-8,10-11,17-19H2,1-5H3. The van der Waals surface area contributed by atoms with Gasteiger partial charge in [-0.1, -0.05) is 6.07 Å². The Morgan fingerprint density at radius 1 is 0.542 bits per heavy atom. The number of hydrogen-bond donors (Lipinski definition) is 0. The predicted octanol–water partition coefficient (Wildman–Crippen LogP) is 3.78. The van der Waals surface area contributed by atoms with Gasteiger partial charge in [-0.3, -0.25) is 33.6 Å². The molecule has 1 spiro atoms. The fourth-order valence-corrected chi connectivity index (χ4v) is 6.10. The Morgan fingerprint density at radius 3 is 1.44 bits per heavy atom. The first kappa shape index (κ1) is 42.8. The van der Waals surface area contributed by atoms with Gasteiger partial charge in [0, 0.05) is 76.3 Å². The van der Waals surface area contributed by atoms with Crippen LogP contribution in [0.3, 0.4) is 0 Å². The molecule has 2 heterocycles. The van der Waals surface area contributed by atoms with Gasteiger partial charge in [0.05, 0.1) is 11.1 Å². The number of carbonyl (C=O) groups excluding carboxylic acids is 9. The minimum absolute atomic E-state index is 0.00368. The van der Waals surface area contributed by atoms with Crippen molar-refractivity contribution in [1.82, 2.24) is 0 Å². The number of esters is 9. The predicted molar refractivity (Wildman–Crippen MR) is 191 cm³/mol. The molecule has 0 amide bonds. The quantitative estimate of drug-likeness (QED) is 0.0916. The highest BCUT2D eigenvalue weighted by Crippen LogP contribution is 2.58. The van der Waals surface area contributed by atoms with Crippen molar-refractivity contribution >= 4 is 53.7 Å². The molecule has 19 nitrogen and oxygen atoms in total. The average molecular weight is 821 g/mol. The van der Waals surface area contributed by atoms with Gasteiger partial charge < -0.3 is 47.4 Å².